The van der Waals surface area contributed by atoms with Gasteiger partial charge in [0.05, 0.1) is 5.69 Å². The van der Waals surface area contributed by atoms with Crippen molar-refractivity contribution >= 4 is 27.3 Å². The highest BCUT2D eigenvalue weighted by Gasteiger charge is 2.03. The van der Waals surface area contributed by atoms with Gasteiger partial charge < -0.3 is 5.32 Å². The van der Waals surface area contributed by atoms with Gasteiger partial charge in [0.1, 0.15) is 5.01 Å². The molecule has 0 radical (unpaired) electrons. The van der Waals surface area contributed by atoms with Gasteiger partial charge in [-0.25, -0.2) is 4.98 Å². The van der Waals surface area contributed by atoms with Crippen LogP contribution in [0.15, 0.2) is 34.1 Å². The van der Waals surface area contributed by atoms with Crippen LogP contribution in [0.1, 0.15) is 5.01 Å². The average Bonchev–Trinajstić information content (AvgIpc) is 2.68. The van der Waals surface area contributed by atoms with Gasteiger partial charge in [0.15, 0.2) is 0 Å². The number of hydrogen-bond acceptors (Lipinski definition) is 3. The molecule has 2 nitrogen and oxygen atoms in total. The Bertz CT molecular complexity index is 436. The lowest BCUT2D eigenvalue weighted by Crippen LogP contribution is -2.04. The molecule has 0 unspecified atom stereocenters. The summed E-state index contributed by atoms with van der Waals surface area (Å²) in [6.07, 6.45) is 0. The van der Waals surface area contributed by atoms with Crippen molar-refractivity contribution in [3.63, 3.8) is 0 Å². The van der Waals surface area contributed by atoms with Crippen LogP contribution in [0.25, 0.3) is 11.3 Å². The normalized spacial score (nSPS) is 10.5. The number of thiazole rings is 1. The first kappa shape index (κ1) is 10.8. The monoisotopic (exact) mass is 282 g/mol. The van der Waals surface area contributed by atoms with Crippen molar-refractivity contribution in [1.29, 1.82) is 0 Å². The number of aromatic nitrogens is 1. The molecule has 0 spiro atoms. The number of nitrogens with one attached hydrogen (secondary N) is 1. The molecule has 1 N–H and O–H groups in total. The van der Waals surface area contributed by atoms with E-state index in [9.17, 15) is 0 Å². The van der Waals surface area contributed by atoms with Crippen molar-refractivity contribution in [1.82, 2.24) is 10.3 Å². The van der Waals surface area contributed by atoms with Crippen molar-refractivity contribution in [2.75, 3.05) is 7.05 Å². The van der Waals surface area contributed by atoms with E-state index in [0.717, 1.165) is 27.3 Å². The van der Waals surface area contributed by atoms with Gasteiger partial charge in [-0.15, -0.1) is 11.3 Å². The quantitative estimate of drug-likeness (QED) is 0.935. The fourth-order valence-electron chi connectivity index (χ4n) is 1.30. The summed E-state index contributed by atoms with van der Waals surface area (Å²) in [5.74, 6) is 0. The highest BCUT2D eigenvalue weighted by molar-refractivity contribution is 9.10. The third-order valence-electron chi connectivity index (χ3n) is 2.02. The molecule has 2 aromatic rings. The second kappa shape index (κ2) is 4.88. The first-order valence-electron chi connectivity index (χ1n) is 4.64. The number of benzene rings is 1. The van der Waals surface area contributed by atoms with Crippen LogP contribution in [-0.2, 0) is 6.54 Å². The summed E-state index contributed by atoms with van der Waals surface area (Å²) in [6.45, 7) is 0.835. The van der Waals surface area contributed by atoms with Gasteiger partial charge in [-0.05, 0) is 19.2 Å². The molecule has 1 aromatic carbocycles. The summed E-state index contributed by atoms with van der Waals surface area (Å²) < 4.78 is 1.09. The Hall–Kier alpha value is -0.710. The maximum atomic E-state index is 4.54. The largest absolute Gasteiger partial charge is 0.314 e. The molecule has 1 heterocycles. The van der Waals surface area contributed by atoms with Gasteiger partial charge in [0.25, 0.3) is 0 Å². The summed E-state index contributed by atoms with van der Waals surface area (Å²) in [5, 5.41) is 6.31. The summed E-state index contributed by atoms with van der Waals surface area (Å²) in [7, 11) is 1.93. The summed E-state index contributed by atoms with van der Waals surface area (Å²) in [5.41, 5.74) is 2.22. The minimum absolute atomic E-state index is 0.835. The molecule has 1 aromatic heterocycles. The highest BCUT2D eigenvalue weighted by atomic mass is 79.9. The van der Waals surface area contributed by atoms with Crippen LogP contribution in [0.2, 0.25) is 0 Å². The summed E-state index contributed by atoms with van der Waals surface area (Å²) in [6, 6.07) is 8.21. The summed E-state index contributed by atoms with van der Waals surface area (Å²) in [4.78, 5) is 4.54. The standard InChI is InChI=1S/C11H11BrN2S/c1-13-6-11-14-10(7-15-11)8-2-4-9(12)5-3-8/h2-5,7,13H,6H2,1H3. The first-order valence-corrected chi connectivity index (χ1v) is 6.32. The van der Waals surface area contributed by atoms with E-state index in [4.69, 9.17) is 0 Å². The zero-order valence-corrected chi connectivity index (χ0v) is 10.7. The van der Waals surface area contributed by atoms with Gasteiger partial charge in [-0.3, -0.25) is 0 Å². The molecule has 4 heteroatoms. The predicted octanol–water partition coefficient (Wildman–Crippen LogP) is 3.29. The van der Waals surface area contributed by atoms with E-state index in [-0.39, 0.29) is 0 Å². The lowest BCUT2D eigenvalue weighted by Gasteiger charge is -1.96. The minimum Gasteiger partial charge on any atom is -0.314 e. The van der Waals surface area contributed by atoms with Crippen LogP contribution in [0.4, 0.5) is 0 Å². The second-order valence-corrected chi connectivity index (χ2v) is 5.02. The maximum absolute atomic E-state index is 4.54. The number of nitrogens with zero attached hydrogens (tertiary/aromatic N) is 1. The molecule has 0 amide bonds. The molecular formula is C11H11BrN2S. The van der Waals surface area contributed by atoms with E-state index < -0.39 is 0 Å². The maximum Gasteiger partial charge on any atom is 0.107 e. The molecule has 2 rings (SSSR count). The molecule has 78 valence electrons. The first-order chi connectivity index (χ1) is 7.29. The molecule has 0 bridgehead atoms. The van der Waals surface area contributed by atoms with E-state index in [0.29, 0.717) is 0 Å². The van der Waals surface area contributed by atoms with Gasteiger partial charge >= 0.3 is 0 Å². The van der Waals surface area contributed by atoms with Gasteiger partial charge in [-0.1, -0.05) is 28.1 Å². The number of hydrogen-bond donors (Lipinski definition) is 1. The average molecular weight is 283 g/mol. The SMILES string of the molecule is CNCc1nc(-c2ccc(Br)cc2)cs1. The van der Waals surface area contributed by atoms with Crippen molar-refractivity contribution in [3.8, 4) is 11.3 Å². The van der Waals surface area contributed by atoms with E-state index in [1.165, 1.54) is 0 Å². The minimum atomic E-state index is 0.835. The lowest BCUT2D eigenvalue weighted by molar-refractivity contribution is 0.811. The van der Waals surface area contributed by atoms with Crippen LogP contribution < -0.4 is 5.32 Å². The van der Waals surface area contributed by atoms with Crippen molar-refractivity contribution in [2.45, 2.75) is 6.54 Å². The fraction of sp³-hybridized carbons (Fsp3) is 0.182. The van der Waals surface area contributed by atoms with E-state index in [2.05, 4.69) is 43.7 Å². The molecule has 0 saturated heterocycles. The molecule has 0 aliphatic rings. The van der Waals surface area contributed by atoms with Crippen LogP contribution >= 0.6 is 27.3 Å². The molecule has 0 fully saturated rings. The van der Waals surface area contributed by atoms with E-state index in [1.807, 2.05) is 19.2 Å². The van der Waals surface area contributed by atoms with Gasteiger partial charge in [-0.2, -0.15) is 0 Å². The Balaban J connectivity index is 2.25. The van der Waals surface area contributed by atoms with Gasteiger partial charge in [0.2, 0.25) is 0 Å². The van der Waals surface area contributed by atoms with Crippen LogP contribution in [0, 0.1) is 0 Å². The topological polar surface area (TPSA) is 24.9 Å². The number of rotatable bonds is 3. The second-order valence-electron chi connectivity index (χ2n) is 3.16. The molecule has 15 heavy (non-hydrogen) atoms. The Labute approximate surface area is 101 Å². The predicted molar refractivity (Wildman–Crippen MR) is 68.0 cm³/mol. The zero-order valence-electron chi connectivity index (χ0n) is 8.33. The van der Waals surface area contributed by atoms with Crippen LogP contribution in [0.5, 0.6) is 0 Å². The zero-order chi connectivity index (χ0) is 10.7. The third-order valence-corrected chi connectivity index (χ3v) is 3.40. The van der Waals surface area contributed by atoms with E-state index in [1.54, 1.807) is 11.3 Å². The Kier molecular flexibility index (Phi) is 3.51. The molecular weight excluding hydrogens is 272 g/mol. The smallest absolute Gasteiger partial charge is 0.107 e. The van der Waals surface area contributed by atoms with Gasteiger partial charge in [0, 0.05) is 22.0 Å². The van der Waals surface area contributed by atoms with Crippen molar-refractivity contribution in [3.05, 3.63) is 39.1 Å². The molecule has 0 aliphatic carbocycles. The van der Waals surface area contributed by atoms with Crippen molar-refractivity contribution in [2.24, 2.45) is 0 Å². The van der Waals surface area contributed by atoms with Crippen LogP contribution in [-0.4, -0.2) is 12.0 Å². The Morgan fingerprint density at radius 2 is 2.07 bits per heavy atom. The fourth-order valence-corrected chi connectivity index (χ4v) is 2.38. The van der Waals surface area contributed by atoms with Crippen LogP contribution in [0.3, 0.4) is 0 Å². The Morgan fingerprint density at radius 1 is 1.33 bits per heavy atom. The number of halogens is 1. The molecule has 0 aliphatic heterocycles. The highest BCUT2D eigenvalue weighted by Crippen LogP contribution is 2.23. The summed E-state index contributed by atoms with van der Waals surface area (Å²) >= 11 is 5.11. The van der Waals surface area contributed by atoms with Crippen molar-refractivity contribution < 1.29 is 0 Å². The molecule has 0 saturated carbocycles. The third kappa shape index (κ3) is 2.65. The Morgan fingerprint density at radius 3 is 2.73 bits per heavy atom. The van der Waals surface area contributed by atoms with E-state index >= 15 is 0 Å². The molecule has 0 atom stereocenters. The lowest BCUT2D eigenvalue weighted by atomic mass is 10.2.